The Morgan fingerprint density at radius 2 is 1.89 bits per heavy atom. The Morgan fingerprint density at radius 1 is 1.09 bits per heavy atom. The number of nitrogens with one attached hydrogen (secondary N) is 1. The second kappa shape index (κ2) is 13.1. The Morgan fingerprint density at radius 3 is 2.72 bits per heavy atom. The van der Waals surface area contributed by atoms with Crippen LogP contribution in [0.1, 0.15) is 57.8 Å². The number of carbonyl (C=O) groups excluding carboxylic acids is 2. The summed E-state index contributed by atoms with van der Waals surface area (Å²) in [6.07, 6.45) is 5.95. The predicted octanol–water partition coefficient (Wildman–Crippen LogP) is 5.14. The summed E-state index contributed by atoms with van der Waals surface area (Å²) in [7, 11) is -4.15. The van der Waals surface area contributed by atoms with Gasteiger partial charge in [-0.1, -0.05) is 36.4 Å². The second-order valence-corrected chi connectivity index (χ2v) is 13.7. The average molecular weight is 643 g/mol. The molecule has 1 aliphatic carbocycles. The highest BCUT2D eigenvalue weighted by atomic mass is 32.2. The minimum atomic E-state index is -4.15. The SMILES string of the molecule is Cc1cccc(OCCCC(=O)N2CC3CC3c3c(-c4cnn(Cc5cccc(C(=O)NCCS(=O)(=O)O)c5)c4)cccc32)c1C. The normalized spacial score (nSPS) is 16.8. The molecule has 1 aliphatic heterocycles. The number of anilines is 1. The molecule has 1 aromatic heterocycles. The molecule has 1 saturated carbocycles. The average Bonchev–Trinajstić information content (AvgIpc) is 3.68. The van der Waals surface area contributed by atoms with Crippen LogP contribution in [0.4, 0.5) is 5.69 Å². The molecule has 240 valence electrons. The highest BCUT2D eigenvalue weighted by Crippen LogP contribution is 2.57. The highest BCUT2D eigenvalue weighted by molar-refractivity contribution is 7.85. The number of aromatic nitrogens is 2. The van der Waals surface area contributed by atoms with Crippen molar-refractivity contribution < 1.29 is 27.3 Å². The number of ether oxygens (including phenoxy) is 1. The van der Waals surface area contributed by atoms with Crippen molar-refractivity contribution >= 4 is 27.6 Å². The summed E-state index contributed by atoms with van der Waals surface area (Å²) in [6, 6.07) is 19.2. The maximum Gasteiger partial charge on any atom is 0.266 e. The van der Waals surface area contributed by atoms with Gasteiger partial charge in [-0.15, -0.1) is 0 Å². The molecule has 46 heavy (non-hydrogen) atoms. The third kappa shape index (κ3) is 7.16. The van der Waals surface area contributed by atoms with E-state index in [0.29, 0.717) is 43.4 Å². The lowest BCUT2D eigenvalue weighted by Crippen LogP contribution is -2.36. The number of fused-ring (bicyclic) bond motifs is 3. The van der Waals surface area contributed by atoms with Crippen LogP contribution in [0.25, 0.3) is 11.1 Å². The Hall–Kier alpha value is -4.48. The number of amides is 2. The molecule has 2 aliphatic rings. The van der Waals surface area contributed by atoms with Gasteiger partial charge in [0.15, 0.2) is 0 Å². The van der Waals surface area contributed by atoms with Gasteiger partial charge < -0.3 is 15.0 Å². The summed E-state index contributed by atoms with van der Waals surface area (Å²) in [5.74, 6) is 0.913. The Kier molecular flexibility index (Phi) is 8.97. The summed E-state index contributed by atoms with van der Waals surface area (Å²) < 4.78 is 38.6. The van der Waals surface area contributed by atoms with Crippen LogP contribution in [0.15, 0.2) is 73.1 Å². The molecular formula is C35H38N4O6S. The van der Waals surface area contributed by atoms with Crippen molar-refractivity contribution in [2.75, 3.05) is 30.3 Å². The first-order valence-electron chi connectivity index (χ1n) is 15.5. The molecule has 0 radical (unpaired) electrons. The number of aryl methyl sites for hydroxylation is 1. The first-order chi connectivity index (χ1) is 22.1. The molecule has 10 nitrogen and oxygen atoms in total. The van der Waals surface area contributed by atoms with Crippen molar-refractivity contribution in [1.82, 2.24) is 15.1 Å². The van der Waals surface area contributed by atoms with Crippen LogP contribution in [-0.2, 0) is 21.5 Å². The zero-order valence-corrected chi connectivity index (χ0v) is 26.8. The van der Waals surface area contributed by atoms with E-state index < -0.39 is 21.8 Å². The van der Waals surface area contributed by atoms with Gasteiger partial charge in [0, 0.05) is 42.5 Å². The number of carbonyl (C=O) groups is 2. The lowest BCUT2D eigenvalue weighted by atomic mass is 9.92. The van der Waals surface area contributed by atoms with Crippen LogP contribution in [0.5, 0.6) is 5.75 Å². The third-order valence-electron chi connectivity index (χ3n) is 8.86. The van der Waals surface area contributed by atoms with E-state index in [2.05, 4.69) is 35.5 Å². The van der Waals surface area contributed by atoms with E-state index in [0.717, 1.165) is 46.7 Å². The van der Waals surface area contributed by atoms with Crippen molar-refractivity contribution in [3.05, 3.63) is 101 Å². The maximum absolute atomic E-state index is 13.5. The largest absolute Gasteiger partial charge is 0.493 e. The van der Waals surface area contributed by atoms with Gasteiger partial charge in [-0.2, -0.15) is 13.5 Å². The van der Waals surface area contributed by atoms with Crippen molar-refractivity contribution in [3.63, 3.8) is 0 Å². The van der Waals surface area contributed by atoms with Crippen molar-refractivity contribution in [2.45, 2.75) is 45.6 Å². The molecular weight excluding hydrogens is 604 g/mol. The zero-order valence-electron chi connectivity index (χ0n) is 26.0. The fourth-order valence-electron chi connectivity index (χ4n) is 6.21. The molecule has 11 heteroatoms. The van der Waals surface area contributed by atoms with Crippen LogP contribution in [0, 0.1) is 19.8 Å². The van der Waals surface area contributed by atoms with E-state index in [4.69, 9.17) is 9.29 Å². The molecule has 4 aromatic rings. The van der Waals surface area contributed by atoms with Crippen LogP contribution in [-0.4, -0.2) is 60.0 Å². The van der Waals surface area contributed by atoms with E-state index in [1.54, 1.807) is 18.2 Å². The first-order valence-corrected chi connectivity index (χ1v) is 17.2. The molecule has 0 spiro atoms. The zero-order chi connectivity index (χ0) is 32.4. The van der Waals surface area contributed by atoms with Gasteiger partial charge in [0.05, 0.1) is 25.1 Å². The number of rotatable bonds is 12. The lowest BCUT2D eigenvalue weighted by molar-refractivity contribution is -0.119. The molecule has 2 N–H and O–H groups in total. The Labute approximate surface area is 269 Å². The topological polar surface area (TPSA) is 131 Å². The molecule has 1 fully saturated rings. The van der Waals surface area contributed by atoms with Gasteiger partial charge in [-0.3, -0.25) is 18.8 Å². The molecule has 2 amide bonds. The molecule has 0 saturated heterocycles. The number of hydrogen-bond donors (Lipinski definition) is 2. The summed E-state index contributed by atoms with van der Waals surface area (Å²) in [4.78, 5) is 27.9. The van der Waals surface area contributed by atoms with Gasteiger partial charge in [0.2, 0.25) is 5.91 Å². The lowest BCUT2D eigenvalue weighted by Gasteiger charge is -2.30. The second-order valence-electron chi connectivity index (χ2n) is 12.2. The highest BCUT2D eigenvalue weighted by Gasteiger charge is 2.47. The van der Waals surface area contributed by atoms with Crippen LogP contribution < -0.4 is 15.0 Å². The van der Waals surface area contributed by atoms with E-state index in [1.165, 1.54) is 11.1 Å². The minimum Gasteiger partial charge on any atom is -0.493 e. The van der Waals surface area contributed by atoms with Gasteiger partial charge >= 0.3 is 0 Å². The summed E-state index contributed by atoms with van der Waals surface area (Å²) >= 11 is 0. The predicted molar refractivity (Wildman–Crippen MR) is 176 cm³/mol. The van der Waals surface area contributed by atoms with Crippen LogP contribution in [0.2, 0.25) is 0 Å². The quantitative estimate of drug-likeness (QED) is 0.162. The molecule has 2 unspecified atom stereocenters. The van der Waals surface area contributed by atoms with E-state index in [9.17, 15) is 18.0 Å². The standard InChI is InChI=1S/C35H38N4O6S/c1-23-7-3-12-32(24(23)2)45-15-6-13-33(40)39-22-27-18-30(27)34-29(10-5-11-31(34)39)28-19-37-38(21-28)20-25-8-4-9-26(17-25)35(41)36-14-16-46(42,43)44/h3-5,7-12,17,19,21,27,30H,6,13-16,18,20,22H2,1-2H3,(H,36,41)(H,42,43,44). The molecule has 6 rings (SSSR count). The third-order valence-corrected chi connectivity index (χ3v) is 9.58. The van der Waals surface area contributed by atoms with Gasteiger partial charge in [-0.05, 0) is 90.6 Å². The number of nitrogens with zero attached hydrogens (tertiary/aromatic N) is 3. The molecule has 0 bridgehead atoms. The molecule has 3 aromatic carbocycles. The van der Waals surface area contributed by atoms with Gasteiger partial charge in [-0.25, -0.2) is 0 Å². The maximum atomic E-state index is 13.5. The molecule has 2 heterocycles. The minimum absolute atomic E-state index is 0.117. The summed E-state index contributed by atoms with van der Waals surface area (Å²) in [6.45, 7) is 5.60. The first kappa shape index (κ1) is 31.5. The monoisotopic (exact) mass is 642 g/mol. The van der Waals surface area contributed by atoms with E-state index in [-0.39, 0.29) is 12.5 Å². The van der Waals surface area contributed by atoms with E-state index in [1.807, 2.05) is 53.2 Å². The Bertz CT molecular complexity index is 1890. The fourth-order valence-corrected chi connectivity index (χ4v) is 6.57. The number of hydrogen-bond acceptors (Lipinski definition) is 6. The van der Waals surface area contributed by atoms with Gasteiger partial charge in [0.25, 0.3) is 16.0 Å². The summed E-state index contributed by atoms with van der Waals surface area (Å²) in [5.41, 5.74) is 7.80. The smallest absolute Gasteiger partial charge is 0.266 e. The molecule has 2 atom stereocenters. The van der Waals surface area contributed by atoms with Crippen molar-refractivity contribution in [2.24, 2.45) is 5.92 Å². The van der Waals surface area contributed by atoms with E-state index >= 15 is 0 Å². The Balaban J connectivity index is 1.12. The van der Waals surface area contributed by atoms with Crippen LogP contribution in [0.3, 0.4) is 0 Å². The van der Waals surface area contributed by atoms with Crippen LogP contribution >= 0.6 is 0 Å². The summed E-state index contributed by atoms with van der Waals surface area (Å²) in [5, 5.41) is 7.10. The van der Waals surface area contributed by atoms with Gasteiger partial charge in [0.1, 0.15) is 5.75 Å². The van der Waals surface area contributed by atoms with Crippen molar-refractivity contribution in [3.8, 4) is 16.9 Å². The fraction of sp³-hybridized carbons (Fsp3) is 0.343. The van der Waals surface area contributed by atoms with Crippen molar-refractivity contribution in [1.29, 1.82) is 0 Å². The number of benzene rings is 3.